The van der Waals surface area contributed by atoms with Crippen LogP contribution in [0.15, 0.2) is 67.0 Å². The van der Waals surface area contributed by atoms with E-state index in [4.69, 9.17) is 5.11 Å². The summed E-state index contributed by atoms with van der Waals surface area (Å²) in [5.41, 5.74) is 3.41. The molecule has 2 aromatic rings. The molecule has 1 aromatic carbocycles. The van der Waals surface area contributed by atoms with Gasteiger partial charge in [-0.1, -0.05) is 48.5 Å². The monoisotopic (exact) mass is 239 g/mol. The van der Waals surface area contributed by atoms with Gasteiger partial charge in [-0.25, -0.2) is 0 Å². The maximum absolute atomic E-state index is 9.00. The summed E-state index contributed by atoms with van der Waals surface area (Å²) in [5.74, 6) is 0. The molecule has 0 radical (unpaired) electrons. The number of hydrogen-bond donors (Lipinski definition) is 2. The number of H-pyrrole nitrogens is 1. The molecule has 2 N–H and O–H groups in total. The highest BCUT2D eigenvalue weighted by Gasteiger charge is 1.93. The van der Waals surface area contributed by atoms with Crippen molar-refractivity contribution < 1.29 is 5.11 Å². The molecule has 1 aromatic heterocycles. The molecule has 2 heteroatoms. The summed E-state index contributed by atoms with van der Waals surface area (Å²) in [5, 5.41) is 9.00. The molecule has 0 aliphatic rings. The average Bonchev–Trinajstić information content (AvgIpc) is 2.53. The summed E-state index contributed by atoms with van der Waals surface area (Å²) < 4.78 is 0. The van der Waals surface area contributed by atoms with E-state index in [2.05, 4.69) is 29.2 Å². The maximum atomic E-state index is 9.00. The second-order valence-electron chi connectivity index (χ2n) is 4.04. The Morgan fingerprint density at radius 1 is 0.833 bits per heavy atom. The van der Waals surface area contributed by atoms with Gasteiger partial charge >= 0.3 is 0 Å². The Hall–Kier alpha value is -2.06. The van der Waals surface area contributed by atoms with Crippen molar-refractivity contribution in [1.29, 1.82) is 0 Å². The topological polar surface area (TPSA) is 36.0 Å². The van der Waals surface area contributed by atoms with Crippen molar-refractivity contribution in [3.63, 3.8) is 0 Å². The minimum absolute atomic E-state index is 0.159. The Morgan fingerprint density at radius 3 is 2.33 bits per heavy atom. The predicted molar refractivity (Wildman–Crippen MR) is 74.6 cm³/mol. The molecule has 0 unspecified atom stereocenters. The molecule has 0 aliphatic carbocycles. The van der Waals surface area contributed by atoms with Crippen molar-refractivity contribution in [3.8, 4) is 11.1 Å². The summed E-state index contributed by atoms with van der Waals surface area (Å²) in [6.07, 6.45) is 4.44. The molecular formula is C16H17NO. The van der Waals surface area contributed by atoms with Crippen molar-refractivity contribution in [1.82, 2.24) is 4.98 Å². The minimum Gasteiger partial charge on any atom is -0.396 e. The molecule has 0 bridgehead atoms. The van der Waals surface area contributed by atoms with E-state index in [0.29, 0.717) is 6.42 Å². The van der Waals surface area contributed by atoms with Gasteiger partial charge in [-0.3, -0.25) is 0 Å². The number of nitrogens with one attached hydrogen (secondary N) is 1. The van der Waals surface area contributed by atoms with Gasteiger partial charge in [-0.05, 0) is 29.2 Å². The van der Waals surface area contributed by atoms with E-state index in [1.54, 1.807) is 0 Å². The summed E-state index contributed by atoms with van der Waals surface area (Å²) >= 11 is 0. The first-order valence-electron chi connectivity index (χ1n) is 6.06. The van der Waals surface area contributed by atoms with E-state index in [1.165, 1.54) is 5.56 Å². The van der Waals surface area contributed by atoms with E-state index in [0.717, 1.165) is 11.1 Å². The van der Waals surface area contributed by atoms with Gasteiger partial charge in [-0.15, -0.1) is 0 Å². The fourth-order valence-electron chi connectivity index (χ4n) is 1.77. The second-order valence-corrected chi connectivity index (χ2v) is 4.04. The van der Waals surface area contributed by atoms with Crippen LogP contribution in [0.2, 0.25) is 0 Å². The Kier molecular flexibility index (Phi) is 4.56. The van der Waals surface area contributed by atoms with E-state index < -0.39 is 0 Å². The molecular weight excluding hydrogens is 222 g/mol. The van der Waals surface area contributed by atoms with Crippen LogP contribution >= 0.6 is 0 Å². The van der Waals surface area contributed by atoms with Crippen molar-refractivity contribution >= 4 is 0 Å². The maximum Gasteiger partial charge on any atom is 0.0471 e. The molecule has 0 aliphatic heterocycles. The fourth-order valence-corrected chi connectivity index (χ4v) is 1.77. The molecule has 0 amide bonds. The lowest BCUT2D eigenvalue weighted by molar-refractivity contribution is 0.299. The van der Waals surface area contributed by atoms with E-state index in [-0.39, 0.29) is 6.61 Å². The number of aliphatic hydroxyl groups excluding tert-OH is 1. The first-order valence-corrected chi connectivity index (χ1v) is 6.06. The van der Waals surface area contributed by atoms with Gasteiger partial charge in [0.1, 0.15) is 0 Å². The van der Waals surface area contributed by atoms with Gasteiger partial charge < -0.3 is 10.1 Å². The summed E-state index contributed by atoms with van der Waals surface area (Å²) in [4.78, 5) is 3.08. The van der Waals surface area contributed by atoms with Crippen LogP contribution in [-0.4, -0.2) is 16.7 Å². The number of rotatable bonds is 3. The Morgan fingerprint density at radius 2 is 1.56 bits per heavy atom. The van der Waals surface area contributed by atoms with Gasteiger partial charge in [0.2, 0.25) is 0 Å². The number of hydrogen-bond acceptors (Lipinski definition) is 1. The predicted octanol–water partition coefficient (Wildman–Crippen LogP) is 3.34. The average molecular weight is 239 g/mol. The zero-order valence-corrected chi connectivity index (χ0v) is 10.2. The largest absolute Gasteiger partial charge is 0.396 e. The van der Waals surface area contributed by atoms with Crippen LogP contribution in [-0.2, 0) is 6.42 Å². The Balaban J connectivity index is 2.46. The van der Waals surface area contributed by atoms with Gasteiger partial charge in [0.25, 0.3) is 0 Å². The second kappa shape index (κ2) is 6.62. The molecule has 92 valence electrons. The smallest absolute Gasteiger partial charge is 0.0471 e. The molecule has 0 saturated heterocycles. The lowest BCUT2D eigenvalue weighted by atomic mass is 10.1. The van der Waals surface area contributed by atoms with Crippen molar-refractivity contribution in [3.05, 3.63) is 72.6 Å². The molecule has 0 atom stereocenters. The fraction of sp³-hybridized carbons (Fsp3) is 0.125. The normalized spacial score (nSPS) is 9.83. The number of aliphatic hydroxyl groups is 1. The number of benzene rings is 1. The van der Waals surface area contributed by atoms with E-state index in [9.17, 15) is 0 Å². The highest BCUT2D eigenvalue weighted by atomic mass is 16.2. The first kappa shape index (κ1) is 12.4. The van der Waals surface area contributed by atoms with Gasteiger partial charge in [0.05, 0.1) is 0 Å². The lowest BCUT2D eigenvalue weighted by Crippen LogP contribution is -1.88. The van der Waals surface area contributed by atoms with Crippen LogP contribution in [0.4, 0.5) is 0 Å². The highest BCUT2D eigenvalue weighted by Crippen LogP contribution is 2.16. The van der Waals surface area contributed by atoms with Crippen LogP contribution in [0.25, 0.3) is 11.1 Å². The minimum atomic E-state index is 0.159. The molecule has 0 saturated carbocycles. The van der Waals surface area contributed by atoms with Gasteiger partial charge in [0, 0.05) is 19.0 Å². The van der Waals surface area contributed by atoms with Gasteiger partial charge in [0.15, 0.2) is 0 Å². The summed E-state index contributed by atoms with van der Waals surface area (Å²) in [6, 6.07) is 18.4. The lowest BCUT2D eigenvalue weighted by Gasteiger charge is -1.98. The summed E-state index contributed by atoms with van der Waals surface area (Å²) in [7, 11) is 0. The SMILES string of the molecule is OCCc1ccc(-c2ccccc2)ccc[nH]c1. The zero-order chi connectivity index (χ0) is 12.6. The van der Waals surface area contributed by atoms with Crippen LogP contribution < -0.4 is 0 Å². The van der Waals surface area contributed by atoms with E-state index >= 15 is 0 Å². The van der Waals surface area contributed by atoms with Gasteiger partial charge in [-0.2, -0.15) is 0 Å². The first-order chi connectivity index (χ1) is 8.90. The Labute approximate surface area is 107 Å². The third-order valence-electron chi connectivity index (χ3n) is 2.72. The van der Waals surface area contributed by atoms with Crippen molar-refractivity contribution in [2.45, 2.75) is 6.42 Å². The van der Waals surface area contributed by atoms with Crippen LogP contribution in [0.1, 0.15) is 5.56 Å². The molecule has 18 heavy (non-hydrogen) atoms. The van der Waals surface area contributed by atoms with Crippen molar-refractivity contribution in [2.24, 2.45) is 0 Å². The zero-order valence-electron chi connectivity index (χ0n) is 10.2. The third-order valence-corrected chi connectivity index (χ3v) is 2.72. The quantitative estimate of drug-likeness (QED) is 0.846. The molecule has 0 spiro atoms. The molecule has 0 fully saturated rings. The van der Waals surface area contributed by atoms with Crippen molar-refractivity contribution in [2.75, 3.05) is 6.61 Å². The third kappa shape index (κ3) is 3.47. The molecule has 1 heterocycles. The van der Waals surface area contributed by atoms with Crippen LogP contribution in [0.3, 0.4) is 0 Å². The standard InChI is InChI=1S/C16H17NO/c18-12-10-14-8-9-16(7-4-11-17-13-14)15-5-2-1-3-6-15/h1-9,11,13,17-18H,10,12H2. The van der Waals surface area contributed by atoms with Crippen LogP contribution in [0.5, 0.6) is 0 Å². The molecule has 2 rings (SSSR count). The number of aromatic amines is 1. The number of aromatic nitrogens is 1. The highest BCUT2D eigenvalue weighted by molar-refractivity contribution is 5.62. The summed E-state index contributed by atoms with van der Waals surface area (Å²) in [6.45, 7) is 0.159. The van der Waals surface area contributed by atoms with Crippen LogP contribution in [0, 0.1) is 0 Å². The Bertz CT molecular complexity index is 530. The molecule has 2 nitrogen and oxygen atoms in total. The van der Waals surface area contributed by atoms with E-state index in [1.807, 2.05) is 42.7 Å².